The minimum Gasteiger partial charge on any atom is -0.294 e. The molecule has 114 valence electrons. The van der Waals surface area contributed by atoms with Crippen molar-refractivity contribution in [1.82, 2.24) is 9.88 Å². The quantitative estimate of drug-likeness (QED) is 0.719. The largest absolute Gasteiger partial charge is 0.294 e. The van der Waals surface area contributed by atoms with E-state index in [2.05, 4.69) is 70.5 Å². The van der Waals surface area contributed by atoms with Gasteiger partial charge < -0.3 is 0 Å². The second-order valence-corrected chi connectivity index (χ2v) is 6.19. The standard InChI is InChI=1S/C21H20N2/c1-2-8-18(9-3-1)21-16-23(14-17-7-6-12-22-13-17)15-19-10-4-5-11-20(19)21/h1-13,21H,14-16H2. The zero-order valence-corrected chi connectivity index (χ0v) is 13.1. The molecule has 0 aliphatic carbocycles. The molecular weight excluding hydrogens is 280 g/mol. The molecule has 2 heterocycles. The summed E-state index contributed by atoms with van der Waals surface area (Å²) in [5.41, 5.74) is 5.59. The molecule has 1 atom stereocenters. The van der Waals surface area contributed by atoms with E-state index in [1.807, 2.05) is 18.5 Å². The molecule has 0 radical (unpaired) electrons. The topological polar surface area (TPSA) is 16.1 Å². The number of benzene rings is 2. The van der Waals surface area contributed by atoms with Gasteiger partial charge in [0.1, 0.15) is 0 Å². The molecule has 0 amide bonds. The van der Waals surface area contributed by atoms with Crippen LogP contribution in [0.25, 0.3) is 0 Å². The average Bonchev–Trinajstić information content (AvgIpc) is 2.63. The molecule has 2 nitrogen and oxygen atoms in total. The molecule has 0 spiro atoms. The van der Waals surface area contributed by atoms with E-state index < -0.39 is 0 Å². The molecule has 1 aliphatic rings. The Labute approximate surface area is 137 Å². The zero-order chi connectivity index (χ0) is 15.5. The van der Waals surface area contributed by atoms with Crippen LogP contribution >= 0.6 is 0 Å². The molecule has 23 heavy (non-hydrogen) atoms. The number of pyridine rings is 1. The van der Waals surface area contributed by atoms with Gasteiger partial charge in [-0.3, -0.25) is 9.88 Å². The van der Waals surface area contributed by atoms with Gasteiger partial charge in [0.2, 0.25) is 0 Å². The summed E-state index contributed by atoms with van der Waals surface area (Å²) < 4.78 is 0. The smallest absolute Gasteiger partial charge is 0.0312 e. The summed E-state index contributed by atoms with van der Waals surface area (Å²) in [6, 6.07) is 23.9. The molecule has 1 aromatic heterocycles. The maximum Gasteiger partial charge on any atom is 0.0312 e. The third kappa shape index (κ3) is 3.03. The maximum atomic E-state index is 4.25. The summed E-state index contributed by atoms with van der Waals surface area (Å²) in [7, 11) is 0. The minimum absolute atomic E-state index is 0.442. The number of nitrogens with zero attached hydrogens (tertiary/aromatic N) is 2. The Hall–Kier alpha value is -2.45. The summed E-state index contributed by atoms with van der Waals surface area (Å²) in [6.45, 7) is 3.01. The Kier molecular flexibility index (Phi) is 3.91. The lowest BCUT2D eigenvalue weighted by Gasteiger charge is -2.35. The first-order chi connectivity index (χ1) is 11.4. The first-order valence-corrected chi connectivity index (χ1v) is 8.14. The number of hydrogen-bond acceptors (Lipinski definition) is 2. The highest BCUT2D eigenvalue weighted by Gasteiger charge is 2.26. The van der Waals surface area contributed by atoms with E-state index in [9.17, 15) is 0 Å². The summed E-state index contributed by atoms with van der Waals surface area (Å²) in [6.07, 6.45) is 3.81. The van der Waals surface area contributed by atoms with Crippen molar-refractivity contribution in [3.05, 3.63) is 101 Å². The van der Waals surface area contributed by atoms with Gasteiger partial charge in [0.15, 0.2) is 0 Å². The molecule has 2 heteroatoms. The Balaban J connectivity index is 1.66. The molecule has 3 aromatic rings. The molecule has 0 bridgehead atoms. The fourth-order valence-corrected chi connectivity index (χ4v) is 3.52. The van der Waals surface area contributed by atoms with Crippen molar-refractivity contribution >= 4 is 0 Å². The van der Waals surface area contributed by atoms with Crippen molar-refractivity contribution in [2.24, 2.45) is 0 Å². The fourth-order valence-electron chi connectivity index (χ4n) is 3.52. The first kappa shape index (κ1) is 14.2. The van der Waals surface area contributed by atoms with E-state index in [0.717, 1.165) is 19.6 Å². The lowest BCUT2D eigenvalue weighted by Crippen LogP contribution is -2.33. The van der Waals surface area contributed by atoms with Crippen LogP contribution in [-0.4, -0.2) is 16.4 Å². The first-order valence-electron chi connectivity index (χ1n) is 8.14. The zero-order valence-electron chi connectivity index (χ0n) is 13.1. The average molecular weight is 300 g/mol. The van der Waals surface area contributed by atoms with Crippen LogP contribution in [0.5, 0.6) is 0 Å². The van der Waals surface area contributed by atoms with Crippen molar-refractivity contribution in [3.8, 4) is 0 Å². The number of aromatic nitrogens is 1. The lowest BCUT2D eigenvalue weighted by molar-refractivity contribution is 0.232. The highest BCUT2D eigenvalue weighted by molar-refractivity contribution is 5.40. The van der Waals surface area contributed by atoms with E-state index in [4.69, 9.17) is 0 Å². The van der Waals surface area contributed by atoms with Crippen molar-refractivity contribution in [2.75, 3.05) is 6.54 Å². The Morgan fingerprint density at radius 2 is 1.74 bits per heavy atom. The predicted molar refractivity (Wildman–Crippen MR) is 93.1 cm³/mol. The normalized spacial score (nSPS) is 17.7. The van der Waals surface area contributed by atoms with Gasteiger partial charge in [0.25, 0.3) is 0 Å². The van der Waals surface area contributed by atoms with Crippen LogP contribution in [0.2, 0.25) is 0 Å². The second-order valence-electron chi connectivity index (χ2n) is 6.19. The van der Waals surface area contributed by atoms with Gasteiger partial charge in [0.05, 0.1) is 0 Å². The second kappa shape index (κ2) is 6.35. The van der Waals surface area contributed by atoms with Crippen molar-refractivity contribution < 1.29 is 0 Å². The van der Waals surface area contributed by atoms with Crippen molar-refractivity contribution in [1.29, 1.82) is 0 Å². The van der Waals surface area contributed by atoms with Crippen LogP contribution in [0.1, 0.15) is 28.2 Å². The molecule has 2 aromatic carbocycles. The molecule has 0 fully saturated rings. The van der Waals surface area contributed by atoms with E-state index in [0.29, 0.717) is 5.92 Å². The molecule has 0 saturated heterocycles. The maximum absolute atomic E-state index is 4.25. The van der Waals surface area contributed by atoms with Gasteiger partial charge in [-0.1, -0.05) is 60.7 Å². The highest BCUT2D eigenvalue weighted by atomic mass is 15.1. The summed E-state index contributed by atoms with van der Waals surface area (Å²) in [5.74, 6) is 0.442. The van der Waals surface area contributed by atoms with Crippen LogP contribution in [0.15, 0.2) is 79.1 Å². The third-order valence-corrected chi connectivity index (χ3v) is 4.60. The number of rotatable bonds is 3. The predicted octanol–water partition coefficient (Wildman–Crippen LogP) is 4.23. The number of fused-ring (bicyclic) bond motifs is 1. The van der Waals surface area contributed by atoms with Crippen LogP contribution in [0, 0.1) is 0 Å². The molecule has 0 saturated carbocycles. The number of hydrogen-bond donors (Lipinski definition) is 0. The van der Waals surface area contributed by atoms with Gasteiger partial charge >= 0.3 is 0 Å². The molecular formula is C21H20N2. The fraction of sp³-hybridized carbons (Fsp3) is 0.190. The van der Waals surface area contributed by atoms with E-state index >= 15 is 0 Å². The van der Waals surface area contributed by atoms with Gasteiger partial charge in [-0.2, -0.15) is 0 Å². The van der Waals surface area contributed by atoms with Gasteiger partial charge in [0, 0.05) is 37.9 Å². The Morgan fingerprint density at radius 1 is 0.913 bits per heavy atom. The van der Waals surface area contributed by atoms with Gasteiger partial charge in [-0.15, -0.1) is 0 Å². The molecule has 0 N–H and O–H groups in total. The molecule has 1 unspecified atom stereocenters. The molecule has 4 rings (SSSR count). The Bertz CT molecular complexity index is 768. The van der Waals surface area contributed by atoms with E-state index in [-0.39, 0.29) is 0 Å². The molecule has 1 aliphatic heterocycles. The van der Waals surface area contributed by atoms with Gasteiger partial charge in [-0.25, -0.2) is 0 Å². The van der Waals surface area contributed by atoms with Gasteiger partial charge in [-0.05, 0) is 28.3 Å². The van der Waals surface area contributed by atoms with Crippen LogP contribution < -0.4 is 0 Å². The lowest BCUT2D eigenvalue weighted by atomic mass is 9.84. The summed E-state index contributed by atoms with van der Waals surface area (Å²) in [5, 5.41) is 0. The van der Waals surface area contributed by atoms with Crippen LogP contribution in [0.4, 0.5) is 0 Å². The van der Waals surface area contributed by atoms with Crippen LogP contribution in [0.3, 0.4) is 0 Å². The van der Waals surface area contributed by atoms with E-state index in [1.165, 1.54) is 22.3 Å². The minimum atomic E-state index is 0.442. The Morgan fingerprint density at radius 3 is 2.57 bits per heavy atom. The third-order valence-electron chi connectivity index (χ3n) is 4.60. The summed E-state index contributed by atoms with van der Waals surface area (Å²) in [4.78, 5) is 6.77. The van der Waals surface area contributed by atoms with Crippen LogP contribution in [-0.2, 0) is 13.1 Å². The van der Waals surface area contributed by atoms with Crippen molar-refractivity contribution in [2.45, 2.75) is 19.0 Å². The monoisotopic (exact) mass is 300 g/mol. The summed E-state index contributed by atoms with van der Waals surface area (Å²) >= 11 is 0. The van der Waals surface area contributed by atoms with Crippen molar-refractivity contribution in [3.63, 3.8) is 0 Å². The SMILES string of the molecule is c1ccc(C2CN(Cc3cccnc3)Cc3ccccc32)cc1. The highest BCUT2D eigenvalue weighted by Crippen LogP contribution is 2.33. The van der Waals surface area contributed by atoms with E-state index in [1.54, 1.807) is 0 Å².